The number of nitrogens with one attached hydrogen (secondary N) is 2. The Morgan fingerprint density at radius 1 is 1.10 bits per heavy atom. The van der Waals surface area contributed by atoms with Crippen molar-refractivity contribution >= 4 is 11.7 Å². The number of aromatic nitrogens is 2. The molecule has 4 rings (SSSR count). The fourth-order valence-electron chi connectivity index (χ4n) is 3.11. The molecule has 0 unspecified atom stereocenters. The Bertz CT molecular complexity index is 987. The third-order valence-corrected chi connectivity index (χ3v) is 4.93. The molecule has 0 bridgehead atoms. The summed E-state index contributed by atoms with van der Waals surface area (Å²) in [5, 5.41) is 16.1. The third kappa shape index (κ3) is 5.10. The quantitative estimate of drug-likeness (QED) is 0.548. The Balaban J connectivity index is 1.50. The predicted octanol–water partition coefficient (Wildman–Crippen LogP) is 3.64. The number of phenolic OH excluding ortho intramolecular Hbond substituents is 1. The number of nitrogens with zero attached hydrogens (tertiary/aromatic N) is 2. The number of pyridine rings is 2. The van der Waals surface area contributed by atoms with Crippen LogP contribution in [0.2, 0.25) is 0 Å². The van der Waals surface area contributed by atoms with Crippen molar-refractivity contribution in [3.63, 3.8) is 0 Å². The van der Waals surface area contributed by atoms with E-state index >= 15 is 0 Å². The summed E-state index contributed by atoms with van der Waals surface area (Å²) in [5.74, 6) is 1.26. The van der Waals surface area contributed by atoms with Gasteiger partial charge in [0.1, 0.15) is 11.6 Å². The summed E-state index contributed by atoms with van der Waals surface area (Å²) in [6.45, 7) is 1.32. The molecule has 0 aliphatic heterocycles. The summed E-state index contributed by atoms with van der Waals surface area (Å²) in [6, 6.07) is 16.3. The van der Waals surface area contributed by atoms with Gasteiger partial charge in [0.05, 0.1) is 11.3 Å². The van der Waals surface area contributed by atoms with Gasteiger partial charge in [0, 0.05) is 37.0 Å². The standard InChI is InChI=1S/C23H24N4O2/c28-19-6-3-4-17(14-19)21-10-9-20(22(27-21)26-15-16-7-8-16)23(29)25-13-11-18-5-1-2-12-24-18/h1-6,9-10,12,14,16,28H,7-8,11,13,15H2,(H,25,29)(H,26,27). The van der Waals surface area contributed by atoms with Crippen LogP contribution in [-0.4, -0.2) is 34.1 Å². The van der Waals surface area contributed by atoms with E-state index in [4.69, 9.17) is 0 Å². The summed E-state index contributed by atoms with van der Waals surface area (Å²) in [7, 11) is 0. The smallest absolute Gasteiger partial charge is 0.255 e. The molecule has 29 heavy (non-hydrogen) atoms. The van der Waals surface area contributed by atoms with Crippen LogP contribution in [0.4, 0.5) is 5.82 Å². The molecule has 1 amide bonds. The van der Waals surface area contributed by atoms with Crippen LogP contribution in [0.15, 0.2) is 60.8 Å². The van der Waals surface area contributed by atoms with E-state index in [1.165, 1.54) is 12.8 Å². The molecule has 0 saturated heterocycles. The van der Waals surface area contributed by atoms with Crippen molar-refractivity contribution in [3.8, 4) is 17.0 Å². The zero-order chi connectivity index (χ0) is 20.1. The fourth-order valence-corrected chi connectivity index (χ4v) is 3.11. The molecule has 0 atom stereocenters. The molecule has 6 heteroatoms. The van der Waals surface area contributed by atoms with Gasteiger partial charge in [0.25, 0.3) is 5.91 Å². The molecular formula is C23H24N4O2. The first-order valence-electron chi connectivity index (χ1n) is 9.91. The monoisotopic (exact) mass is 388 g/mol. The maximum absolute atomic E-state index is 12.8. The Kier molecular flexibility index (Phi) is 5.70. The van der Waals surface area contributed by atoms with Gasteiger partial charge < -0.3 is 15.7 Å². The van der Waals surface area contributed by atoms with Crippen LogP contribution in [0.5, 0.6) is 5.75 Å². The minimum absolute atomic E-state index is 0.158. The van der Waals surface area contributed by atoms with Crippen LogP contribution in [0.1, 0.15) is 28.9 Å². The highest BCUT2D eigenvalue weighted by molar-refractivity contribution is 5.99. The van der Waals surface area contributed by atoms with E-state index < -0.39 is 0 Å². The fraction of sp³-hybridized carbons (Fsp3) is 0.261. The summed E-state index contributed by atoms with van der Waals surface area (Å²) in [5.41, 5.74) is 2.98. The van der Waals surface area contributed by atoms with Crippen molar-refractivity contribution in [1.82, 2.24) is 15.3 Å². The topological polar surface area (TPSA) is 87.1 Å². The Hall–Kier alpha value is -3.41. The van der Waals surface area contributed by atoms with E-state index in [0.717, 1.165) is 17.8 Å². The number of rotatable bonds is 8. The van der Waals surface area contributed by atoms with Crippen LogP contribution < -0.4 is 10.6 Å². The molecule has 3 aromatic rings. The summed E-state index contributed by atoms with van der Waals surface area (Å²) >= 11 is 0. The summed E-state index contributed by atoms with van der Waals surface area (Å²) in [6.07, 6.45) is 4.85. The van der Waals surface area contributed by atoms with Crippen molar-refractivity contribution in [1.29, 1.82) is 0 Å². The molecule has 1 fully saturated rings. The van der Waals surface area contributed by atoms with Gasteiger partial charge in [0.15, 0.2) is 0 Å². The van der Waals surface area contributed by atoms with Crippen molar-refractivity contribution in [3.05, 3.63) is 72.1 Å². The van der Waals surface area contributed by atoms with Gasteiger partial charge in [-0.3, -0.25) is 9.78 Å². The number of phenols is 1. The van der Waals surface area contributed by atoms with Crippen molar-refractivity contribution in [2.75, 3.05) is 18.4 Å². The van der Waals surface area contributed by atoms with Gasteiger partial charge >= 0.3 is 0 Å². The molecule has 1 aromatic carbocycles. The molecule has 1 saturated carbocycles. The first kappa shape index (κ1) is 18.9. The SMILES string of the molecule is O=C(NCCc1ccccn1)c1ccc(-c2cccc(O)c2)nc1NCC1CC1. The van der Waals surface area contributed by atoms with E-state index in [-0.39, 0.29) is 11.7 Å². The van der Waals surface area contributed by atoms with E-state index in [0.29, 0.717) is 36.0 Å². The normalized spacial score (nSPS) is 13.1. The van der Waals surface area contributed by atoms with Gasteiger partial charge in [0.2, 0.25) is 0 Å². The lowest BCUT2D eigenvalue weighted by molar-refractivity contribution is 0.0954. The number of aromatic hydroxyl groups is 1. The minimum atomic E-state index is -0.158. The molecule has 1 aliphatic rings. The highest BCUT2D eigenvalue weighted by atomic mass is 16.3. The van der Waals surface area contributed by atoms with Gasteiger partial charge in [-0.15, -0.1) is 0 Å². The molecular weight excluding hydrogens is 364 g/mol. The zero-order valence-electron chi connectivity index (χ0n) is 16.1. The highest BCUT2D eigenvalue weighted by Crippen LogP contribution is 2.30. The Morgan fingerprint density at radius 3 is 2.76 bits per heavy atom. The van der Waals surface area contributed by atoms with Gasteiger partial charge in [-0.1, -0.05) is 18.2 Å². The van der Waals surface area contributed by atoms with E-state index in [1.807, 2.05) is 30.3 Å². The number of carbonyl (C=O) groups excluding carboxylic acids is 1. The van der Waals surface area contributed by atoms with Crippen molar-refractivity contribution < 1.29 is 9.90 Å². The molecule has 148 valence electrons. The predicted molar refractivity (Wildman–Crippen MR) is 113 cm³/mol. The van der Waals surface area contributed by atoms with Crippen molar-refractivity contribution in [2.24, 2.45) is 5.92 Å². The van der Waals surface area contributed by atoms with Gasteiger partial charge in [-0.25, -0.2) is 4.98 Å². The molecule has 6 nitrogen and oxygen atoms in total. The number of hydrogen-bond donors (Lipinski definition) is 3. The average molecular weight is 388 g/mol. The molecule has 0 spiro atoms. The number of amides is 1. The maximum atomic E-state index is 12.8. The van der Waals surface area contributed by atoms with E-state index in [2.05, 4.69) is 20.6 Å². The Morgan fingerprint density at radius 2 is 2.00 bits per heavy atom. The van der Waals surface area contributed by atoms with Gasteiger partial charge in [-0.2, -0.15) is 0 Å². The number of benzene rings is 1. The van der Waals surface area contributed by atoms with E-state index in [1.54, 1.807) is 30.5 Å². The second-order valence-electron chi connectivity index (χ2n) is 7.29. The van der Waals surface area contributed by atoms with Crippen molar-refractivity contribution in [2.45, 2.75) is 19.3 Å². The van der Waals surface area contributed by atoms with E-state index in [9.17, 15) is 9.90 Å². The molecule has 2 heterocycles. The summed E-state index contributed by atoms with van der Waals surface area (Å²) in [4.78, 5) is 21.7. The second-order valence-corrected chi connectivity index (χ2v) is 7.29. The lowest BCUT2D eigenvalue weighted by Gasteiger charge is -2.13. The Labute approximate surface area is 170 Å². The largest absolute Gasteiger partial charge is 0.508 e. The minimum Gasteiger partial charge on any atom is -0.508 e. The summed E-state index contributed by atoms with van der Waals surface area (Å²) < 4.78 is 0. The lowest BCUT2D eigenvalue weighted by Crippen LogP contribution is -2.27. The van der Waals surface area contributed by atoms with Crippen LogP contribution in [0, 0.1) is 5.92 Å². The van der Waals surface area contributed by atoms with Crippen LogP contribution in [0.3, 0.4) is 0 Å². The second kappa shape index (κ2) is 8.73. The zero-order valence-corrected chi connectivity index (χ0v) is 16.1. The van der Waals surface area contributed by atoms with Crippen LogP contribution >= 0.6 is 0 Å². The van der Waals surface area contributed by atoms with Gasteiger partial charge in [-0.05, 0) is 55.2 Å². The molecule has 0 radical (unpaired) electrons. The average Bonchev–Trinajstić information content (AvgIpc) is 3.57. The van der Waals surface area contributed by atoms with Crippen LogP contribution in [-0.2, 0) is 6.42 Å². The third-order valence-electron chi connectivity index (χ3n) is 4.93. The first-order chi connectivity index (χ1) is 14.2. The maximum Gasteiger partial charge on any atom is 0.255 e. The molecule has 3 N–H and O–H groups in total. The lowest BCUT2D eigenvalue weighted by atomic mass is 10.1. The first-order valence-corrected chi connectivity index (χ1v) is 9.91. The number of hydrogen-bond acceptors (Lipinski definition) is 5. The number of carbonyl (C=O) groups is 1. The van der Waals surface area contributed by atoms with Crippen LogP contribution in [0.25, 0.3) is 11.3 Å². The molecule has 1 aliphatic carbocycles. The number of anilines is 1. The molecule has 2 aromatic heterocycles. The highest BCUT2D eigenvalue weighted by Gasteiger charge is 2.22.